The molecule has 100 valence electrons. The van der Waals surface area contributed by atoms with Crippen molar-refractivity contribution in [3.63, 3.8) is 0 Å². The summed E-state index contributed by atoms with van der Waals surface area (Å²) in [6.07, 6.45) is 4.83. The molecule has 1 nitrogen and oxygen atoms in total. The van der Waals surface area contributed by atoms with E-state index in [1.54, 1.807) is 11.8 Å². The number of piperidine rings is 1. The summed E-state index contributed by atoms with van der Waals surface area (Å²) < 4.78 is 2.52. The topological polar surface area (TPSA) is 3.24 Å². The van der Waals surface area contributed by atoms with Crippen molar-refractivity contribution in [3.8, 4) is 0 Å². The Morgan fingerprint density at radius 3 is 2.11 bits per heavy atom. The third kappa shape index (κ3) is 3.94. The highest BCUT2D eigenvalue weighted by atomic mass is 32.2. The van der Waals surface area contributed by atoms with Crippen LogP contribution in [0.2, 0.25) is 0 Å². The first-order chi connectivity index (χ1) is 8.69. The van der Waals surface area contributed by atoms with Crippen molar-refractivity contribution in [1.82, 2.24) is 4.31 Å². The van der Waals surface area contributed by atoms with Crippen LogP contribution in [0.15, 0.2) is 34.1 Å². The first-order valence-corrected chi connectivity index (χ1v) is 8.76. The van der Waals surface area contributed by atoms with Crippen molar-refractivity contribution in [2.24, 2.45) is 11.8 Å². The number of nitrogens with zero attached hydrogens (tertiary/aromatic N) is 1. The molecular formula is C15H23NS2. The summed E-state index contributed by atoms with van der Waals surface area (Å²) in [6.45, 7) is 7.18. The summed E-state index contributed by atoms with van der Waals surface area (Å²) in [5.41, 5.74) is 0. The van der Waals surface area contributed by atoms with E-state index in [2.05, 4.69) is 48.7 Å². The lowest BCUT2D eigenvalue weighted by molar-refractivity contribution is 0.237. The van der Waals surface area contributed by atoms with Gasteiger partial charge in [-0.15, -0.1) is 11.8 Å². The molecule has 0 unspecified atom stereocenters. The monoisotopic (exact) mass is 281 g/mol. The van der Waals surface area contributed by atoms with Crippen LogP contribution in [0.5, 0.6) is 0 Å². The summed E-state index contributed by atoms with van der Waals surface area (Å²) in [6, 6.07) is 8.91. The number of hydrogen-bond acceptors (Lipinski definition) is 3. The first-order valence-electron chi connectivity index (χ1n) is 6.76. The van der Waals surface area contributed by atoms with Gasteiger partial charge < -0.3 is 0 Å². The summed E-state index contributed by atoms with van der Waals surface area (Å²) in [5, 5.41) is 0. The van der Waals surface area contributed by atoms with Gasteiger partial charge in [0.1, 0.15) is 0 Å². The Balaban J connectivity index is 1.83. The summed E-state index contributed by atoms with van der Waals surface area (Å²) >= 11 is 3.73. The van der Waals surface area contributed by atoms with Crippen molar-refractivity contribution in [3.05, 3.63) is 24.3 Å². The number of rotatable bonds is 4. The van der Waals surface area contributed by atoms with Gasteiger partial charge in [0.05, 0.1) is 0 Å². The third-order valence-corrected chi connectivity index (χ3v) is 5.59. The number of hydrogen-bond donors (Lipinski definition) is 0. The van der Waals surface area contributed by atoms with E-state index >= 15 is 0 Å². The van der Waals surface area contributed by atoms with Gasteiger partial charge in [-0.25, -0.2) is 4.31 Å². The molecule has 0 amide bonds. The van der Waals surface area contributed by atoms with E-state index in [0.717, 1.165) is 11.8 Å². The molecule has 1 fully saturated rings. The van der Waals surface area contributed by atoms with Gasteiger partial charge in [0.15, 0.2) is 0 Å². The molecule has 0 saturated carbocycles. The maximum absolute atomic E-state index is 2.52. The van der Waals surface area contributed by atoms with Crippen molar-refractivity contribution in [2.45, 2.75) is 36.5 Å². The first kappa shape index (κ1) is 14.3. The summed E-state index contributed by atoms with van der Waals surface area (Å²) in [5.74, 6) is 1.78. The Morgan fingerprint density at radius 2 is 1.61 bits per heavy atom. The predicted octanol–water partition coefficient (Wildman–Crippen LogP) is 4.78. The molecule has 1 saturated heterocycles. The summed E-state index contributed by atoms with van der Waals surface area (Å²) in [7, 11) is 0. The fourth-order valence-electron chi connectivity index (χ4n) is 2.42. The van der Waals surface area contributed by atoms with Crippen molar-refractivity contribution < 1.29 is 0 Å². The Hall–Kier alpha value is -0.120. The predicted molar refractivity (Wildman–Crippen MR) is 83.2 cm³/mol. The second-order valence-corrected chi connectivity index (χ2v) is 7.33. The lowest BCUT2D eigenvalue weighted by Gasteiger charge is -2.32. The van der Waals surface area contributed by atoms with Crippen LogP contribution < -0.4 is 0 Å². The Bertz CT molecular complexity index is 353. The van der Waals surface area contributed by atoms with Gasteiger partial charge in [-0.05, 0) is 67.1 Å². The van der Waals surface area contributed by atoms with E-state index in [1.807, 2.05) is 11.9 Å². The average molecular weight is 281 g/mol. The van der Waals surface area contributed by atoms with Crippen LogP contribution in [0, 0.1) is 11.8 Å². The van der Waals surface area contributed by atoms with Crippen LogP contribution in [0.1, 0.15) is 26.7 Å². The molecule has 1 heterocycles. The maximum atomic E-state index is 2.52. The van der Waals surface area contributed by atoms with Gasteiger partial charge in [-0.1, -0.05) is 13.8 Å². The van der Waals surface area contributed by atoms with E-state index in [1.165, 1.54) is 35.7 Å². The third-order valence-electron chi connectivity index (χ3n) is 3.74. The molecule has 1 aromatic rings. The van der Waals surface area contributed by atoms with E-state index in [4.69, 9.17) is 0 Å². The number of thioether (sulfide) groups is 1. The van der Waals surface area contributed by atoms with Gasteiger partial charge in [0, 0.05) is 22.9 Å². The van der Waals surface area contributed by atoms with Crippen LogP contribution >= 0.6 is 23.7 Å². The minimum atomic E-state index is 0.845. The average Bonchev–Trinajstić information content (AvgIpc) is 2.40. The molecule has 1 aliphatic heterocycles. The van der Waals surface area contributed by atoms with E-state index in [9.17, 15) is 0 Å². The Morgan fingerprint density at radius 1 is 1.06 bits per heavy atom. The van der Waals surface area contributed by atoms with E-state index in [0.29, 0.717) is 0 Å². The molecule has 1 aliphatic rings. The number of benzene rings is 1. The molecule has 1 aromatic carbocycles. The molecule has 0 spiro atoms. The van der Waals surface area contributed by atoms with Crippen LogP contribution in [0.25, 0.3) is 0 Å². The zero-order valence-corrected chi connectivity index (χ0v) is 13.2. The van der Waals surface area contributed by atoms with Gasteiger partial charge in [-0.2, -0.15) is 0 Å². The van der Waals surface area contributed by atoms with Gasteiger partial charge >= 0.3 is 0 Å². The quantitative estimate of drug-likeness (QED) is 0.577. The second kappa shape index (κ2) is 6.88. The molecule has 0 atom stereocenters. The largest absolute Gasteiger partial charge is 0.246 e. The zero-order valence-electron chi connectivity index (χ0n) is 11.6. The zero-order chi connectivity index (χ0) is 13.0. The highest BCUT2D eigenvalue weighted by molar-refractivity contribution is 7.98. The molecule has 0 aliphatic carbocycles. The minimum absolute atomic E-state index is 0.845. The molecule has 0 radical (unpaired) electrons. The molecule has 0 N–H and O–H groups in total. The highest BCUT2D eigenvalue weighted by Gasteiger charge is 2.21. The molecule has 0 aromatic heterocycles. The highest BCUT2D eigenvalue weighted by Crippen LogP contribution is 2.31. The van der Waals surface area contributed by atoms with Gasteiger partial charge in [-0.3, -0.25) is 0 Å². The smallest absolute Gasteiger partial charge is 0.0231 e. The van der Waals surface area contributed by atoms with Gasteiger partial charge in [0.25, 0.3) is 0 Å². The molecule has 3 heteroatoms. The fraction of sp³-hybridized carbons (Fsp3) is 0.600. The van der Waals surface area contributed by atoms with Crippen LogP contribution in [-0.4, -0.2) is 23.7 Å². The lowest BCUT2D eigenvalue weighted by atomic mass is 9.87. The lowest BCUT2D eigenvalue weighted by Crippen LogP contribution is -2.30. The Labute approximate surface area is 120 Å². The molecular weight excluding hydrogens is 258 g/mol. The standard InChI is InChI=1S/C15H23NS2/c1-12(2)13-8-10-16(11-9-13)18-15-6-4-14(17-3)5-7-15/h4-7,12-13H,8-11H2,1-3H3. The Kier molecular flexibility index (Phi) is 5.46. The minimum Gasteiger partial charge on any atom is -0.246 e. The summed E-state index contributed by atoms with van der Waals surface area (Å²) in [4.78, 5) is 2.72. The van der Waals surface area contributed by atoms with E-state index in [-0.39, 0.29) is 0 Å². The SMILES string of the molecule is CSc1ccc(SN2CCC(C(C)C)CC2)cc1. The van der Waals surface area contributed by atoms with Crippen molar-refractivity contribution >= 4 is 23.7 Å². The van der Waals surface area contributed by atoms with Crippen molar-refractivity contribution in [1.29, 1.82) is 0 Å². The molecule has 18 heavy (non-hydrogen) atoms. The van der Waals surface area contributed by atoms with Crippen LogP contribution in [0.4, 0.5) is 0 Å². The van der Waals surface area contributed by atoms with Crippen LogP contribution in [-0.2, 0) is 0 Å². The maximum Gasteiger partial charge on any atom is 0.0231 e. The second-order valence-electron chi connectivity index (χ2n) is 5.28. The van der Waals surface area contributed by atoms with E-state index < -0.39 is 0 Å². The molecule has 0 bridgehead atoms. The molecule has 2 rings (SSSR count). The van der Waals surface area contributed by atoms with Crippen molar-refractivity contribution in [2.75, 3.05) is 19.3 Å². The van der Waals surface area contributed by atoms with Gasteiger partial charge in [0.2, 0.25) is 0 Å². The normalized spacial score (nSPS) is 18.4. The fourth-order valence-corrected chi connectivity index (χ4v) is 3.78. The van der Waals surface area contributed by atoms with Crippen LogP contribution in [0.3, 0.4) is 0 Å².